The molecule has 0 spiro atoms. The summed E-state index contributed by atoms with van der Waals surface area (Å²) in [6, 6.07) is 1.04. The molecule has 0 amide bonds. The minimum Gasteiger partial charge on any atom is -0.477 e. The van der Waals surface area contributed by atoms with Crippen LogP contribution in [0, 0.1) is 0 Å². The van der Waals surface area contributed by atoms with Gasteiger partial charge in [0, 0.05) is 11.8 Å². The zero-order valence-corrected chi connectivity index (χ0v) is 13.4. The summed E-state index contributed by atoms with van der Waals surface area (Å²) in [6.45, 7) is 0. The first kappa shape index (κ1) is 19.0. The summed E-state index contributed by atoms with van der Waals surface area (Å²) in [5.74, 6) is -1.30. The van der Waals surface area contributed by atoms with Gasteiger partial charge < -0.3 is 5.11 Å². The van der Waals surface area contributed by atoms with Crippen molar-refractivity contribution in [2.45, 2.75) is 12.4 Å². The molecule has 11 heteroatoms. The highest BCUT2D eigenvalue weighted by atomic mass is 79.9. The number of hydrogen-bond donors (Lipinski definition) is 1. The number of carboxylic acids is 1. The molecular weight excluding hydrogens is 422 g/mol. The maximum atomic E-state index is 12.8. The van der Waals surface area contributed by atoms with Crippen molar-refractivity contribution >= 4 is 28.0 Å². The smallest absolute Gasteiger partial charge is 0.416 e. The average molecular weight is 429 g/mol. The lowest BCUT2D eigenvalue weighted by molar-refractivity contribution is -0.143. The zero-order valence-electron chi connectivity index (χ0n) is 11.9. The number of halogens is 7. The predicted molar refractivity (Wildman–Crippen MR) is 78.1 cm³/mol. The largest absolute Gasteiger partial charge is 0.477 e. The van der Waals surface area contributed by atoms with Crippen molar-refractivity contribution in [2.24, 2.45) is 0 Å². The van der Waals surface area contributed by atoms with Gasteiger partial charge in [-0.25, -0.2) is 9.48 Å². The number of aromatic nitrogens is 2. The van der Waals surface area contributed by atoms with Crippen LogP contribution in [-0.2, 0) is 17.1 Å². The van der Waals surface area contributed by atoms with Gasteiger partial charge in [-0.05, 0) is 40.2 Å². The van der Waals surface area contributed by atoms with E-state index in [0.29, 0.717) is 12.1 Å². The number of rotatable bonds is 3. The van der Waals surface area contributed by atoms with Crippen molar-refractivity contribution in [1.82, 2.24) is 9.78 Å². The van der Waals surface area contributed by atoms with Crippen LogP contribution in [0.1, 0.15) is 16.7 Å². The van der Waals surface area contributed by atoms with Crippen LogP contribution in [-0.4, -0.2) is 20.9 Å². The average Bonchev–Trinajstić information content (AvgIpc) is 2.93. The lowest BCUT2D eigenvalue weighted by atomic mass is 10.1. The van der Waals surface area contributed by atoms with Gasteiger partial charge >= 0.3 is 18.3 Å². The van der Waals surface area contributed by atoms with Gasteiger partial charge in [0.05, 0.1) is 23.0 Å². The molecule has 2 rings (SSSR count). The van der Waals surface area contributed by atoms with Crippen LogP contribution in [0.3, 0.4) is 0 Å². The molecule has 0 aliphatic carbocycles. The van der Waals surface area contributed by atoms with Gasteiger partial charge in [0.1, 0.15) is 4.48 Å². The van der Waals surface area contributed by atoms with Gasteiger partial charge in [-0.2, -0.15) is 31.4 Å². The van der Waals surface area contributed by atoms with Crippen LogP contribution in [0.15, 0.2) is 35.1 Å². The number of nitrogens with zero attached hydrogens (tertiary/aromatic N) is 2. The Bertz CT molecular complexity index is 806. The summed E-state index contributed by atoms with van der Waals surface area (Å²) in [4.78, 5) is 10.7. The first-order valence-corrected chi connectivity index (χ1v) is 7.12. The number of aliphatic carboxylic acids is 1. The molecule has 0 atom stereocenters. The van der Waals surface area contributed by atoms with Crippen LogP contribution in [0.5, 0.6) is 0 Å². The van der Waals surface area contributed by atoms with Crippen molar-refractivity contribution in [3.8, 4) is 5.69 Å². The fourth-order valence-corrected chi connectivity index (χ4v) is 2.10. The predicted octanol–water partition coefficient (Wildman–Crippen LogP) is 4.73. The Hall–Kier alpha value is -2.30. The number of alkyl halides is 6. The van der Waals surface area contributed by atoms with Gasteiger partial charge in [0.25, 0.3) is 0 Å². The molecule has 1 N–H and O–H groups in total. The molecule has 4 nitrogen and oxygen atoms in total. The van der Waals surface area contributed by atoms with E-state index >= 15 is 0 Å². The van der Waals surface area contributed by atoms with E-state index in [1.165, 1.54) is 0 Å². The maximum Gasteiger partial charge on any atom is 0.416 e. The molecule has 2 aromatic rings. The van der Waals surface area contributed by atoms with E-state index in [-0.39, 0.29) is 16.1 Å². The maximum absolute atomic E-state index is 12.8. The highest BCUT2D eigenvalue weighted by molar-refractivity contribution is 9.12. The van der Waals surface area contributed by atoms with Crippen LogP contribution >= 0.6 is 15.9 Å². The van der Waals surface area contributed by atoms with Gasteiger partial charge in [0.2, 0.25) is 0 Å². The topological polar surface area (TPSA) is 55.1 Å². The highest BCUT2D eigenvalue weighted by Gasteiger charge is 2.37. The molecule has 0 fully saturated rings. The number of carbonyl (C=O) groups is 1. The lowest BCUT2D eigenvalue weighted by Gasteiger charge is -2.14. The Balaban J connectivity index is 2.54. The van der Waals surface area contributed by atoms with Crippen molar-refractivity contribution in [1.29, 1.82) is 0 Å². The molecule has 1 aromatic heterocycles. The van der Waals surface area contributed by atoms with E-state index < -0.39 is 35.1 Å². The second-order valence-electron chi connectivity index (χ2n) is 4.78. The van der Waals surface area contributed by atoms with E-state index in [9.17, 15) is 31.1 Å². The first-order valence-electron chi connectivity index (χ1n) is 6.33. The van der Waals surface area contributed by atoms with Crippen LogP contribution in [0.4, 0.5) is 26.3 Å². The molecule has 0 unspecified atom stereocenters. The van der Waals surface area contributed by atoms with Crippen LogP contribution in [0.25, 0.3) is 11.8 Å². The Kier molecular flexibility index (Phi) is 4.98. The third-order valence-corrected chi connectivity index (χ3v) is 3.51. The van der Waals surface area contributed by atoms with E-state index in [2.05, 4.69) is 21.0 Å². The number of carboxylic acid groups (broad SMARTS) is 1. The molecule has 0 bridgehead atoms. The van der Waals surface area contributed by atoms with Crippen molar-refractivity contribution in [3.63, 3.8) is 0 Å². The lowest BCUT2D eigenvalue weighted by Crippen LogP contribution is -2.12. The van der Waals surface area contributed by atoms with Crippen LogP contribution < -0.4 is 0 Å². The van der Waals surface area contributed by atoms with Gasteiger partial charge in [-0.1, -0.05) is 0 Å². The summed E-state index contributed by atoms with van der Waals surface area (Å²) in [6.07, 6.45) is -6.65. The summed E-state index contributed by atoms with van der Waals surface area (Å²) in [7, 11) is 0. The Labute approximate surface area is 144 Å². The summed E-state index contributed by atoms with van der Waals surface area (Å²) in [5, 5.41) is 12.4. The second kappa shape index (κ2) is 6.54. The summed E-state index contributed by atoms with van der Waals surface area (Å²) >= 11 is 2.75. The SMILES string of the molecule is O=C(O)/C(Br)=C/c1cnn(-c2cc(C(F)(F)F)cc(C(F)(F)F)c2)c1. The third kappa shape index (κ3) is 4.62. The number of benzene rings is 1. The first-order chi connectivity index (χ1) is 11.4. The Morgan fingerprint density at radius 2 is 1.60 bits per heavy atom. The molecule has 0 radical (unpaired) electrons. The standard InChI is InChI=1S/C14H7BrF6N2O2/c15-11(12(24)25)1-7-5-22-23(6-7)10-3-8(13(16,17)18)2-9(4-10)14(19,20)21/h1-6H,(H,24,25)/b11-1-. The third-order valence-electron chi connectivity index (χ3n) is 2.94. The quantitative estimate of drug-likeness (QED) is 0.567. The fraction of sp³-hybridized carbons (Fsp3) is 0.143. The minimum atomic E-state index is -4.97. The highest BCUT2D eigenvalue weighted by Crippen LogP contribution is 2.37. The van der Waals surface area contributed by atoms with E-state index in [1.54, 1.807) is 0 Å². The van der Waals surface area contributed by atoms with Crippen LogP contribution in [0.2, 0.25) is 0 Å². The molecule has 0 aliphatic heterocycles. The Morgan fingerprint density at radius 3 is 2.04 bits per heavy atom. The van der Waals surface area contributed by atoms with Crippen molar-refractivity contribution in [2.75, 3.05) is 0 Å². The van der Waals surface area contributed by atoms with Crippen molar-refractivity contribution in [3.05, 3.63) is 51.8 Å². The van der Waals surface area contributed by atoms with Gasteiger partial charge in [-0.15, -0.1) is 0 Å². The zero-order chi connectivity index (χ0) is 19.0. The molecule has 0 aliphatic rings. The van der Waals surface area contributed by atoms with Gasteiger partial charge in [-0.3, -0.25) is 0 Å². The monoisotopic (exact) mass is 428 g/mol. The van der Waals surface area contributed by atoms with Crippen molar-refractivity contribution < 1.29 is 36.2 Å². The molecule has 0 saturated heterocycles. The second-order valence-corrected chi connectivity index (χ2v) is 5.63. The number of hydrogen-bond acceptors (Lipinski definition) is 2. The van der Waals surface area contributed by atoms with Gasteiger partial charge in [0.15, 0.2) is 0 Å². The minimum absolute atomic E-state index is 0.00876. The van der Waals surface area contributed by atoms with E-state index in [4.69, 9.17) is 5.11 Å². The molecule has 25 heavy (non-hydrogen) atoms. The summed E-state index contributed by atoms with van der Waals surface area (Å²) < 4.78 is 77.6. The molecule has 1 heterocycles. The molecular formula is C14H7BrF6N2O2. The van der Waals surface area contributed by atoms with E-state index in [1.807, 2.05) is 0 Å². The fourth-order valence-electron chi connectivity index (χ4n) is 1.83. The Morgan fingerprint density at radius 1 is 1.08 bits per heavy atom. The van der Waals surface area contributed by atoms with E-state index in [0.717, 1.165) is 23.2 Å². The molecule has 0 saturated carbocycles. The normalized spacial score (nSPS) is 13.2. The molecule has 134 valence electrons. The summed E-state index contributed by atoms with van der Waals surface area (Å²) in [5.41, 5.74) is -3.25. The molecule has 1 aromatic carbocycles.